The SMILES string of the molecule is O=C(CNC(=O)c1ccc(Cl)cc1Br)c1ccccc1. The molecule has 0 bridgehead atoms. The number of ketones is 1. The molecule has 0 saturated carbocycles. The fourth-order valence-corrected chi connectivity index (χ4v) is 2.52. The standard InChI is InChI=1S/C15H11BrClNO2/c16-13-8-11(17)6-7-12(13)15(20)18-9-14(19)10-4-2-1-3-5-10/h1-8H,9H2,(H,18,20). The van der Waals surface area contributed by atoms with E-state index >= 15 is 0 Å². The van der Waals surface area contributed by atoms with E-state index in [0.717, 1.165) is 0 Å². The summed E-state index contributed by atoms with van der Waals surface area (Å²) >= 11 is 9.08. The number of carbonyl (C=O) groups is 2. The third-order valence-electron chi connectivity index (χ3n) is 2.68. The van der Waals surface area contributed by atoms with Crippen LogP contribution >= 0.6 is 27.5 Å². The highest BCUT2D eigenvalue weighted by Crippen LogP contribution is 2.21. The number of hydrogen-bond donors (Lipinski definition) is 1. The highest BCUT2D eigenvalue weighted by Gasteiger charge is 2.12. The van der Waals surface area contributed by atoms with E-state index in [2.05, 4.69) is 21.2 Å². The van der Waals surface area contributed by atoms with E-state index in [1.165, 1.54) is 0 Å². The summed E-state index contributed by atoms with van der Waals surface area (Å²) in [6.07, 6.45) is 0. The quantitative estimate of drug-likeness (QED) is 0.853. The zero-order valence-electron chi connectivity index (χ0n) is 10.4. The topological polar surface area (TPSA) is 46.2 Å². The van der Waals surface area contributed by atoms with E-state index in [1.54, 1.807) is 42.5 Å². The number of rotatable bonds is 4. The van der Waals surface area contributed by atoms with Gasteiger partial charge in [0.25, 0.3) is 5.91 Å². The van der Waals surface area contributed by atoms with Crippen LogP contribution in [0.1, 0.15) is 20.7 Å². The van der Waals surface area contributed by atoms with E-state index in [0.29, 0.717) is 20.6 Å². The monoisotopic (exact) mass is 351 g/mol. The van der Waals surface area contributed by atoms with Crippen molar-refractivity contribution in [1.29, 1.82) is 0 Å². The Hall–Kier alpha value is -1.65. The molecule has 5 heteroatoms. The van der Waals surface area contributed by atoms with Crippen LogP contribution in [0, 0.1) is 0 Å². The van der Waals surface area contributed by atoms with Crippen molar-refractivity contribution in [3.63, 3.8) is 0 Å². The van der Waals surface area contributed by atoms with Gasteiger partial charge in [0.15, 0.2) is 5.78 Å². The van der Waals surface area contributed by atoms with E-state index in [9.17, 15) is 9.59 Å². The van der Waals surface area contributed by atoms with Crippen LogP contribution in [0.15, 0.2) is 53.0 Å². The van der Waals surface area contributed by atoms with Crippen LogP contribution < -0.4 is 5.32 Å². The van der Waals surface area contributed by atoms with Gasteiger partial charge in [-0.15, -0.1) is 0 Å². The average Bonchev–Trinajstić information content (AvgIpc) is 2.45. The van der Waals surface area contributed by atoms with Crippen molar-refractivity contribution in [1.82, 2.24) is 5.32 Å². The Kier molecular flexibility index (Phi) is 4.93. The number of halogens is 2. The molecule has 2 aromatic carbocycles. The summed E-state index contributed by atoms with van der Waals surface area (Å²) < 4.78 is 0.592. The van der Waals surface area contributed by atoms with Crippen LogP contribution in [0.4, 0.5) is 0 Å². The molecule has 0 radical (unpaired) electrons. The summed E-state index contributed by atoms with van der Waals surface area (Å²) in [7, 11) is 0. The van der Waals surface area contributed by atoms with Crippen molar-refractivity contribution in [2.75, 3.05) is 6.54 Å². The Morgan fingerprint density at radius 3 is 2.45 bits per heavy atom. The van der Waals surface area contributed by atoms with Crippen LogP contribution in [0.5, 0.6) is 0 Å². The van der Waals surface area contributed by atoms with Gasteiger partial charge < -0.3 is 5.32 Å². The summed E-state index contributed by atoms with van der Waals surface area (Å²) in [5, 5.41) is 3.13. The molecule has 1 N–H and O–H groups in total. The molecule has 1 amide bonds. The Balaban J connectivity index is 2.00. The first-order chi connectivity index (χ1) is 9.58. The molecule has 0 saturated heterocycles. The van der Waals surface area contributed by atoms with E-state index in [1.807, 2.05) is 6.07 Å². The lowest BCUT2D eigenvalue weighted by atomic mass is 10.1. The summed E-state index contributed by atoms with van der Waals surface area (Å²) in [6.45, 7) is -0.0437. The Morgan fingerprint density at radius 1 is 1.10 bits per heavy atom. The molecular weight excluding hydrogens is 342 g/mol. The van der Waals surface area contributed by atoms with Gasteiger partial charge in [-0.3, -0.25) is 9.59 Å². The molecule has 0 aliphatic rings. The van der Waals surface area contributed by atoms with Gasteiger partial charge >= 0.3 is 0 Å². The maximum atomic E-state index is 12.0. The van der Waals surface area contributed by atoms with Gasteiger partial charge in [0.05, 0.1) is 12.1 Å². The van der Waals surface area contributed by atoms with Crippen LogP contribution in [-0.2, 0) is 0 Å². The Bertz CT molecular complexity index is 644. The fraction of sp³-hybridized carbons (Fsp3) is 0.0667. The molecule has 2 aromatic rings. The van der Waals surface area contributed by atoms with Crippen molar-refractivity contribution < 1.29 is 9.59 Å². The first kappa shape index (κ1) is 14.8. The lowest BCUT2D eigenvalue weighted by molar-refractivity contribution is 0.0903. The zero-order chi connectivity index (χ0) is 14.5. The van der Waals surface area contributed by atoms with Crippen molar-refractivity contribution in [2.24, 2.45) is 0 Å². The predicted molar refractivity (Wildman–Crippen MR) is 82.3 cm³/mol. The maximum absolute atomic E-state index is 12.0. The first-order valence-corrected chi connectivity index (χ1v) is 7.06. The molecule has 0 aromatic heterocycles. The summed E-state index contributed by atoms with van der Waals surface area (Å²) in [5.74, 6) is -0.457. The third kappa shape index (κ3) is 3.68. The maximum Gasteiger partial charge on any atom is 0.252 e. The minimum atomic E-state index is -0.321. The highest BCUT2D eigenvalue weighted by molar-refractivity contribution is 9.10. The first-order valence-electron chi connectivity index (χ1n) is 5.89. The number of hydrogen-bond acceptors (Lipinski definition) is 2. The molecule has 102 valence electrons. The Labute approximate surface area is 130 Å². The van der Waals surface area contributed by atoms with Crippen LogP contribution in [0.3, 0.4) is 0 Å². The van der Waals surface area contributed by atoms with Gasteiger partial charge in [0.1, 0.15) is 0 Å². The number of Topliss-reactive ketones (excluding diaryl/α,β-unsaturated/α-hetero) is 1. The summed E-state index contributed by atoms with van der Waals surface area (Å²) in [4.78, 5) is 23.8. The minimum Gasteiger partial charge on any atom is -0.345 e. The number of amides is 1. The van der Waals surface area contributed by atoms with Crippen LogP contribution in [0.2, 0.25) is 5.02 Å². The van der Waals surface area contributed by atoms with E-state index < -0.39 is 0 Å². The largest absolute Gasteiger partial charge is 0.345 e. The second-order valence-electron chi connectivity index (χ2n) is 4.10. The molecule has 0 aliphatic carbocycles. The smallest absolute Gasteiger partial charge is 0.252 e. The van der Waals surface area contributed by atoms with Crippen LogP contribution in [0.25, 0.3) is 0 Å². The van der Waals surface area contributed by atoms with E-state index in [4.69, 9.17) is 11.6 Å². The molecule has 3 nitrogen and oxygen atoms in total. The molecule has 0 aliphatic heterocycles. The lowest BCUT2D eigenvalue weighted by Crippen LogP contribution is -2.29. The van der Waals surface area contributed by atoms with Crippen molar-refractivity contribution in [3.8, 4) is 0 Å². The van der Waals surface area contributed by atoms with Gasteiger partial charge in [0, 0.05) is 15.1 Å². The molecule has 0 heterocycles. The van der Waals surface area contributed by atoms with Gasteiger partial charge in [-0.2, -0.15) is 0 Å². The third-order valence-corrected chi connectivity index (χ3v) is 3.57. The zero-order valence-corrected chi connectivity index (χ0v) is 12.7. The molecule has 0 unspecified atom stereocenters. The Morgan fingerprint density at radius 2 is 1.80 bits per heavy atom. The number of benzene rings is 2. The fourth-order valence-electron chi connectivity index (χ4n) is 1.66. The normalized spacial score (nSPS) is 10.1. The predicted octanol–water partition coefficient (Wildman–Crippen LogP) is 3.72. The molecular formula is C15H11BrClNO2. The van der Waals surface area contributed by atoms with Crippen LogP contribution in [-0.4, -0.2) is 18.2 Å². The van der Waals surface area contributed by atoms with Crippen molar-refractivity contribution >= 4 is 39.2 Å². The molecule has 0 atom stereocenters. The van der Waals surface area contributed by atoms with Gasteiger partial charge in [0.2, 0.25) is 0 Å². The second-order valence-corrected chi connectivity index (χ2v) is 5.39. The molecule has 2 rings (SSSR count). The minimum absolute atomic E-state index is 0.0437. The molecule has 0 fully saturated rings. The number of nitrogens with one attached hydrogen (secondary N) is 1. The summed E-state index contributed by atoms with van der Waals surface area (Å²) in [5.41, 5.74) is 1.01. The highest BCUT2D eigenvalue weighted by atomic mass is 79.9. The number of carbonyl (C=O) groups excluding carboxylic acids is 2. The van der Waals surface area contributed by atoms with Gasteiger partial charge in [-0.1, -0.05) is 41.9 Å². The lowest BCUT2D eigenvalue weighted by Gasteiger charge is -2.06. The van der Waals surface area contributed by atoms with Gasteiger partial charge in [-0.05, 0) is 34.1 Å². The van der Waals surface area contributed by atoms with E-state index in [-0.39, 0.29) is 18.2 Å². The second kappa shape index (κ2) is 6.68. The van der Waals surface area contributed by atoms with Crippen molar-refractivity contribution in [2.45, 2.75) is 0 Å². The van der Waals surface area contributed by atoms with Gasteiger partial charge in [-0.25, -0.2) is 0 Å². The van der Waals surface area contributed by atoms with Crippen molar-refractivity contribution in [3.05, 3.63) is 69.2 Å². The summed E-state index contributed by atoms with van der Waals surface area (Å²) in [6, 6.07) is 13.7. The molecule has 0 spiro atoms. The average molecular weight is 353 g/mol. The molecule has 20 heavy (non-hydrogen) atoms.